The summed E-state index contributed by atoms with van der Waals surface area (Å²) in [4.78, 5) is 0. The fourth-order valence-corrected chi connectivity index (χ4v) is 9.81. The second-order valence-electron chi connectivity index (χ2n) is 3.77. The van der Waals surface area contributed by atoms with Gasteiger partial charge in [0.1, 0.15) is 0 Å². The van der Waals surface area contributed by atoms with Crippen LogP contribution in [-0.2, 0) is 23.2 Å². The normalized spacial score (nSPS) is 27.2. The van der Waals surface area contributed by atoms with Gasteiger partial charge in [-0.05, 0) is 0 Å². The number of hydrogen-bond acceptors (Lipinski definition) is 1. The second kappa shape index (κ2) is 6.70. The Morgan fingerprint density at radius 3 is 2.67 bits per heavy atom. The molecule has 2 aliphatic carbocycles. The Morgan fingerprint density at radius 2 is 2.00 bits per heavy atom. The van der Waals surface area contributed by atoms with Gasteiger partial charge in [0.25, 0.3) is 0 Å². The Morgan fingerprint density at radius 1 is 1.22 bits per heavy atom. The van der Waals surface area contributed by atoms with E-state index in [1.54, 1.807) is 15.0 Å². The van der Waals surface area contributed by atoms with Crippen LogP contribution in [0.15, 0.2) is 55.2 Å². The van der Waals surface area contributed by atoms with Gasteiger partial charge >= 0.3 is 122 Å². The molecule has 0 bridgehead atoms. The average molecular weight is 417 g/mol. The van der Waals surface area contributed by atoms with Crippen LogP contribution < -0.4 is 24.8 Å². The first-order chi connectivity index (χ1) is 7.69. The Balaban J connectivity index is 0.000000810. The van der Waals surface area contributed by atoms with Gasteiger partial charge in [-0.2, -0.15) is 0 Å². The number of halogens is 4. The third kappa shape index (κ3) is 3.05. The number of fused-ring (bicyclic) bond motifs is 1. The molecular weight excluding hydrogens is 409 g/mol. The summed E-state index contributed by atoms with van der Waals surface area (Å²) in [6.45, 7) is 0. The van der Waals surface area contributed by atoms with E-state index in [0.29, 0.717) is 0 Å². The quantitative estimate of drug-likeness (QED) is 0.494. The number of thioether (sulfide) groups is 1. The van der Waals surface area contributed by atoms with E-state index >= 15 is 0 Å². The molecule has 0 amide bonds. The Bertz CT molecular complexity index is 504. The molecule has 0 aromatic heterocycles. The molecule has 0 aromatic carbocycles. The van der Waals surface area contributed by atoms with Gasteiger partial charge in [0, 0.05) is 0 Å². The number of hydrogen-bond donors (Lipinski definition) is 0. The molecule has 6 heteroatoms. The van der Waals surface area contributed by atoms with Crippen molar-refractivity contribution in [3.8, 4) is 0 Å². The van der Waals surface area contributed by atoms with Crippen LogP contribution in [0, 0.1) is 0 Å². The first-order valence-electron chi connectivity index (χ1n) is 5.00. The Hall–Kier alpha value is 1.09. The van der Waals surface area contributed by atoms with E-state index in [-0.39, 0.29) is 26.7 Å². The van der Waals surface area contributed by atoms with E-state index < -0.39 is 23.2 Å². The summed E-state index contributed by atoms with van der Waals surface area (Å²) in [5.41, 5.74) is 2.39. The van der Waals surface area contributed by atoms with Crippen molar-refractivity contribution in [2.75, 3.05) is 0 Å². The average Bonchev–Trinajstić information content (AvgIpc) is 2.88. The van der Waals surface area contributed by atoms with Gasteiger partial charge in [-0.15, -0.1) is 0 Å². The predicted octanol–water partition coefficient (Wildman–Crippen LogP) is -1.49. The summed E-state index contributed by atoms with van der Waals surface area (Å²) in [5, 5.41) is 0. The van der Waals surface area contributed by atoms with Gasteiger partial charge in [-0.1, -0.05) is 0 Å². The SMILES string of the molecule is ClC1=C2C=CC=C2[C](Cl)([Zr+2][C]2=CC=CC2)S1.[Cl-].[Cl-]. The molecular formula is C12H8Cl4SZr. The third-order valence-electron chi connectivity index (χ3n) is 2.70. The van der Waals surface area contributed by atoms with Crippen molar-refractivity contribution in [3.63, 3.8) is 0 Å². The third-order valence-corrected chi connectivity index (χ3v) is 9.54. The Labute approximate surface area is 145 Å². The summed E-state index contributed by atoms with van der Waals surface area (Å²) in [7, 11) is 0. The fraction of sp³-hybridized carbons (Fsp3) is 0.167. The molecule has 0 fully saturated rings. The molecule has 1 aliphatic heterocycles. The minimum atomic E-state index is -0.831. The molecule has 0 saturated heterocycles. The molecule has 0 saturated carbocycles. The second-order valence-corrected chi connectivity index (χ2v) is 12.1. The standard InChI is InChI=1S/C7H3Cl2S.C5H5.2ClH.Zr/c8-6-4-2-1-3-5(4)7(9)10-6;1-2-4-5-3-1;;;/h1-3H;1-3H,4H2;2*1H;/q;;;;+2/p-2. The first-order valence-corrected chi connectivity index (χ1v) is 9.03. The van der Waals surface area contributed by atoms with Crippen LogP contribution in [0.4, 0.5) is 0 Å². The van der Waals surface area contributed by atoms with Crippen LogP contribution in [0.2, 0.25) is 0 Å². The van der Waals surface area contributed by atoms with Crippen molar-refractivity contribution in [1.29, 1.82) is 0 Å². The van der Waals surface area contributed by atoms with Gasteiger partial charge in [-0.25, -0.2) is 0 Å². The van der Waals surface area contributed by atoms with Crippen molar-refractivity contribution >= 4 is 35.0 Å². The molecule has 0 radical (unpaired) electrons. The first kappa shape index (κ1) is 17.1. The van der Waals surface area contributed by atoms with Crippen LogP contribution in [0.25, 0.3) is 0 Å². The largest absolute Gasteiger partial charge is 1.00 e. The zero-order valence-electron chi connectivity index (χ0n) is 9.09. The van der Waals surface area contributed by atoms with Gasteiger partial charge in [0.15, 0.2) is 0 Å². The van der Waals surface area contributed by atoms with Crippen molar-refractivity contribution in [2.24, 2.45) is 0 Å². The molecule has 94 valence electrons. The van der Waals surface area contributed by atoms with Crippen LogP contribution in [-0.4, -0.2) is 1.91 Å². The molecule has 1 heterocycles. The molecule has 3 aliphatic rings. The van der Waals surface area contributed by atoms with E-state index in [9.17, 15) is 0 Å². The van der Waals surface area contributed by atoms with Crippen LogP contribution in [0.1, 0.15) is 6.42 Å². The molecule has 0 spiro atoms. The van der Waals surface area contributed by atoms with Crippen LogP contribution in [0.5, 0.6) is 0 Å². The zero-order chi connectivity index (χ0) is 11.2. The fourth-order valence-electron chi connectivity index (χ4n) is 1.94. The van der Waals surface area contributed by atoms with Crippen LogP contribution >= 0.6 is 35.0 Å². The molecule has 0 nitrogen and oxygen atoms in total. The van der Waals surface area contributed by atoms with E-state index in [1.807, 2.05) is 6.08 Å². The van der Waals surface area contributed by atoms with Gasteiger partial charge < -0.3 is 24.8 Å². The molecule has 1 unspecified atom stereocenters. The minimum Gasteiger partial charge on any atom is -1.00 e. The summed E-state index contributed by atoms with van der Waals surface area (Å²) in [6.07, 6.45) is 13.9. The molecule has 3 rings (SSSR count). The number of allylic oxidation sites excluding steroid dienone is 8. The minimum absolute atomic E-state index is 0. The summed E-state index contributed by atoms with van der Waals surface area (Å²) in [5.74, 6) is 0. The zero-order valence-corrected chi connectivity index (χ0v) is 15.4. The summed E-state index contributed by atoms with van der Waals surface area (Å²) in [6, 6.07) is 0. The van der Waals surface area contributed by atoms with Gasteiger partial charge in [0.05, 0.1) is 0 Å². The Kier molecular flexibility index (Phi) is 6.38. The number of rotatable bonds is 2. The molecule has 18 heavy (non-hydrogen) atoms. The van der Waals surface area contributed by atoms with E-state index in [4.69, 9.17) is 23.2 Å². The smallest absolute Gasteiger partial charge is 1.00 e. The number of alkyl halides is 1. The molecule has 0 N–H and O–H groups in total. The monoisotopic (exact) mass is 414 g/mol. The maximum atomic E-state index is 6.78. The van der Waals surface area contributed by atoms with Crippen molar-refractivity contribution in [3.05, 3.63) is 55.2 Å². The van der Waals surface area contributed by atoms with Crippen molar-refractivity contribution in [2.45, 2.75) is 8.33 Å². The van der Waals surface area contributed by atoms with E-state index in [1.165, 1.54) is 5.57 Å². The van der Waals surface area contributed by atoms with Crippen molar-refractivity contribution < 1.29 is 48.0 Å². The van der Waals surface area contributed by atoms with Crippen LogP contribution in [0.3, 0.4) is 0 Å². The summed E-state index contributed by atoms with van der Waals surface area (Å²) < 4.78 is 2.18. The van der Waals surface area contributed by atoms with Crippen molar-refractivity contribution in [1.82, 2.24) is 0 Å². The molecule has 0 aromatic rings. The van der Waals surface area contributed by atoms with Gasteiger partial charge in [-0.3, -0.25) is 0 Å². The maximum absolute atomic E-state index is 6.78. The topological polar surface area (TPSA) is 0 Å². The maximum Gasteiger partial charge on any atom is -1.00 e. The predicted molar refractivity (Wildman–Crippen MR) is 68.1 cm³/mol. The van der Waals surface area contributed by atoms with Gasteiger partial charge in [0.2, 0.25) is 0 Å². The molecule has 1 atom stereocenters. The van der Waals surface area contributed by atoms with E-state index in [0.717, 1.165) is 16.4 Å². The summed E-state index contributed by atoms with van der Waals surface area (Å²) >= 11 is 13.8. The van der Waals surface area contributed by atoms with E-state index in [2.05, 4.69) is 30.4 Å².